The molecule has 0 radical (unpaired) electrons. The molecule has 4 heteroatoms. The van der Waals surface area contributed by atoms with Gasteiger partial charge in [-0.1, -0.05) is 20.3 Å². The predicted molar refractivity (Wildman–Crippen MR) is 72.0 cm³/mol. The number of amides is 1. The lowest BCUT2D eigenvalue weighted by atomic mass is 10.1. The zero-order valence-corrected chi connectivity index (χ0v) is 11.0. The summed E-state index contributed by atoms with van der Waals surface area (Å²) in [6.07, 6.45) is 3.18. The molecule has 0 saturated carbocycles. The van der Waals surface area contributed by atoms with E-state index in [-0.39, 0.29) is 18.3 Å². The molecule has 0 fully saturated rings. The average molecular weight is 252 g/mol. The summed E-state index contributed by atoms with van der Waals surface area (Å²) in [7, 11) is 0. The van der Waals surface area contributed by atoms with Gasteiger partial charge in [0.25, 0.3) is 0 Å². The van der Waals surface area contributed by atoms with Crippen molar-refractivity contribution in [2.75, 3.05) is 11.9 Å². The minimum atomic E-state index is -0.305. The number of benzene rings is 1. The zero-order chi connectivity index (χ0) is 13.4. The van der Waals surface area contributed by atoms with E-state index in [1.54, 1.807) is 12.1 Å². The quantitative estimate of drug-likeness (QED) is 0.783. The molecule has 100 valence electrons. The highest BCUT2D eigenvalue weighted by atomic mass is 19.1. The third-order valence-electron chi connectivity index (χ3n) is 2.81. The minimum Gasteiger partial charge on any atom is -0.325 e. The first kappa shape index (κ1) is 14.6. The fourth-order valence-electron chi connectivity index (χ4n) is 1.77. The molecule has 1 aromatic rings. The van der Waals surface area contributed by atoms with Crippen molar-refractivity contribution in [3.8, 4) is 0 Å². The van der Waals surface area contributed by atoms with E-state index in [2.05, 4.69) is 24.5 Å². The molecule has 1 aromatic carbocycles. The van der Waals surface area contributed by atoms with Crippen LogP contribution in [-0.2, 0) is 4.79 Å². The highest BCUT2D eigenvalue weighted by molar-refractivity contribution is 5.92. The molecule has 0 heterocycles. The summed E-state index contributed by atoms with van der Waals surface area (Å²) in [4.78, 5) is 11.7. The smallest absolute Gasteiger partial charge is 0.238 e. The van der Waals surface area contributed by atoms with Crippen molar-refractivity contribution >= 4 is 11.6 Å². The number of halogens is 1. The Kier molecular flexibility index (Phi) is 6.36. The number of carbonyl (C=O) groups excluding carboxylic acids is 1. The molecule has 0 aliphatic heterocycles. The Morgan fingerprint density at radius 2 is 1.94 bits per heavy atom. The average Bonchev–Trinajstić information content (AvgIpc) is 2.37. The summed E-state index contributed by atoms with van der Waals surface area (Å²) in [5.74, 6) is -0.406. The van der Waals surface area contributed by atoms with E-state index < -0.39 is 0 Å². The second kappa shape index (κ2) is 7.82. The fourth-order valence-corrected chi connectivity index (χ4v) is 1.77. The van der Waals surface area contributed by atoms with E-state index in [4.69, 9.17) is 0 Å². The highest BCUT2D eigenvalue weighted by Crippen LogP contribution is 2.07. The maximum Gasteiger partial charge on any atom is 0.238 e. The molecule has 1 amide bonds. The summed E-state index contributed by atoms with van der Waals surface area (Å²) < 4.78 is 12.7. The van der Waals surface area contributed by atoms with Gasteiger partial charge < -0.3 is 10.6 Å². The van der Waals surface area contributed by atoms with Crippen LogP contribution in [0.1, 0.15) is 33.1 Å². The van der Waals surface area contributed by atoms with E-state index in [0.717, 1.165) is 19.3 Å². The maximum atomic E-state index is 12.7. The molecule has 3 nitrogen and oxygen atoms in total. The molecule has 0 saturated heterocycles. The minimum absolute atomic E-state index is 0.101. The summed E-state index contributed by atoms with van der Waals surface area (Å²) >= 11 is 0. The molecule has 1 atom stereocenters. The molecule has 0 aromatic heterocycles. The Balaban J connectivity index is 2.35. The van der Waals surface area contributed by atoms with Crippen LogP contribution in [0.2, 0.25) is 0 Å². The Morgan fingerprint density at radius 1 is 1.28 bits per heavy atom. The lowest BCUT2D eigenvalue weighted by Crippen LogP contribution is -2.35. The fraction of sp³-hybridized carbons (Fsp3) is 0.500. The van der Waals surface area contributed by atoms with Crippen molar-refractivity contribution in [1.82, 2.24) is 5.32 Å². The van der Waals surface area contributed by atoms with Crippen LogP contribution in [0.5, 0.6) is 0 Å². The van der Waals surface area contributed by atoms with Gasteiger partial charge in [-0.3, -0.25) is 4.79 Å². The third kappa shape index (κ3) is 5.27. The van der Waals surface area contributed by atoms with Gasteiger partial charge in [0.05, 0.1) is 6.54 Å². The Bertz CT molecular complexity index is 365. The van der Waals surface area contributed by atoms with Gasteiger partial charge in [-0.2, -0.15) is 0 Å². The topological polar surface area (TPSA) is 41.1 Å². The van der Waals surface area contributed by atoms with Crippen LogP contribution >= 0.6 is 0 Å². The molecule has 1 rings (SSSR count). The van der Waals surface area contributed by atoms with E-state index in [1.807, 2.05) is 0 Å². The van der Waals surface area contributed by atoms with Crippen LogP contribution in [0, 0.1) is 5.82 Å². The number of nitrogens with one attached hydrogen (secondary N) is 2. The first-order valence-corrected chi connectivity index (χ1v) is 6.44. The molecule has 18 heavy (non-hydrogen) atoms. The Morgan fingerprint density at radius 3 is 2.50 bits per heavy atom. The van der Waals surface area contributed by atoms with Crippen molar-refractivity contribution in [2.45, 2.75) is 39.2 Å². The van der Waals surface area contributed by atoms with Crippen LogP contribution in [0.25, 0.3) is 0 Å². The van der Waals surface area contributed by atoms with E-state index >= 15 is 0 Å². The van der Waals surface area contributed by atoms with Gasteiger partial charge in [0.15, 0.2) is 0 Å². The van der Waals surface area contributed by atoms with Gasteiger partial charge in [-0.05, 0) is 37.1 Å². The predicted octanol–water partition coefficient (Wildman–Crippen LogP) is 2.93. The SMILES string of the molecule is CCCC(CC)NCC(=O)Nc1ccc(F)cc1. The van der Waals surface area contributed by atoms with Crippen molar-refractivity contribution in [2.24, 2.45) is 0 Å². The standard InChI is InChI=1S/C14H21FN2O/c1-3-5-12(4-2)16-10-14(18)17-13-8-6-11(15)7-9-13/h6-9,12,16H,3-5,10H2,1-2H3,(H,17,18). The zero-order valence-electron chi connectivity index (χ0n) is 11.0. The van der Waals surface area contributed by atoms with Crippen LogP contribution in [-0.4, -0.2) is 18.5 Å². The number of carbonyl (C=O) groups is 1. The number of rotatable bonds is 7. The maximum absolute atomic E-state index is 12.7. The Labute approximate surface area is 108 Å². The van der Waals surface area contributed by atoms with Gasteiger partial charge in [0.1, 0.15) is 5.82 Å². The van der Waals surface area contributed by atoms with Crippen molar-refractivity contribution < 1.29 is 9.18 Å². The normalized spacial score (nSPS) is 12.2. The van der Waals surface area contributed by atoms with Crippen molar-refractivity contribution in [1.29, 1.82) is 0 Å². The van der Waals surface area contributed by atoms with Gasteiger partial charge >= 0.3 is 0 Å². The molecule has 0 aliphatic rings. The third-order valence-corrected chi connectivity index (χ3v) is 2.81. The van der Waals surface area contributed by atoms with Gasteiger partial charge in [0, 0.05) is 11.7 Å². The van der Waals surface area contributed by atoms with Crippen LogP contribution < -0.4 is 10.6 Å². The second-order valence-electron chi connectivity index (χ2n) is 4.33. The van der Waals surface area contributed by atoms with E-state index in [1.165, 1.54) is 12.1 Å². The molecule has 2 N–H and O–H groups in total. The summed E-state index contributed by atoms with van der Waals surface area (Å²) in [6, 6.07) is 6.14. The van der Waals surface area contributed by atoms with Crippen LogP contribution in [0.15, 0.2) is 24.3 Å². The van der Waals surface area contributed by atoms with Crippen LogP contribution in [0.3, 0.4) is 0 Å². The lowest BCUT2D eigenvalue weighted by Gasteiger charge is -2.15. The highest BCUT2D eigenvalue weighted by Gasteiger charge is 2.07. The molecular formula is C14H21FN2O. The van der Waals surface area contributed by atoms with Gasteiger partial charge in [-0.25, -0.2) is 4.39 Å². The summed E-state index contributed by atoms with van der Waals surface area (Å²) in [5.41, 5.74) is 0.617. The molecule has 0 bridgehead atoms. The summed E-state index contributed by atoms with van der Waals surface area (Å²) in [5, 5.41) is 5.94. The molecule has 1 unspecified atom stereocenters. The Hall–Kier alpha value is -1.42. The molecule has 0 aliphatic carbocycles. The molecule has 0 spiro atoms. The second-order valence-corrected chi connectivity index (χ2v) is 4.33. The van der Waals surface area contributed by atoms with E-state index in [9.17, 15) is 9.18 Å². The van der Waals surface area contributed by atoms with E-state index in [0.29, 0.717) is 11.7 Å². The van der Waals surface area contributed by atoms with Crippen LogP contribution in [0.4, 0.5) is 10.1 Å². The van der Waals surface area contributed by atoms with Gasteiger partial charge in [0.2, 0.25) is 5.91 Å². The first-order chi connectivity index (χ1) is 8.65. The first-order valence-electron chi connectivity index (χ1n) is 6.44. The van der Waals surface area contributed by atoms with Gasteiger partial charge in [-0.15, -0.1) is 0 Å². The number of hydrogen-bond acceptors (Lipinski definition) is 2. The monoisotopic (exact) mass is 252 g/mol. The number of hydrogen-bond donors (Lipinski definition) is 2. The lowest BCUT2D eigenvalue weighted by molar-refractivity contribution is -0.115. The van der Waals surface area contributed by atoms with Crippen molar-refractivity contribution in [3.05, 3.63) is 30.1 Å². The molecular weight excluding hydrogens is 231 g/mol. The summed E-state index contributed by atoms with van der Waals surface area (Å²) in [6.45, 7) is 4.52. The van der Waals surface area contributed by atoms with Crippen molar-refractivity contribution in [3.63, 3.8) is 0 Å². The largest absolute Gasteiger partial charge is 0.325 e. The number of anilines is 1.